The number of anilines is 1. The fourth-order valence-electron chi connectivity index (χ4n) is 2.19. The quantitative estimate of drug-likeness (QED) is 0.918. The molecule has 0 heterocycles. The molecular weight excluding hydrogens is 273 g/mol. The average molecular weight is 289 g/mol. The molecule has 0 fully saturated rings. The summed E-state index contributed by atoms with van der Waals surface area (Å²) in [5, 5.41) is 9.18. The maximum Gasteiger partial charge on any atom is 0.336 e. The molecular formula is C16H16FNO3. The molecule has 0 atom stereocenters. The van der Waals surface area contributed by atoms with Gasteiger partial charge in [-0.15, -0.1) is 0 Å². The minimum Gasteiger partial charge on any atom is -0.495 e. The molecule has 0 spiro atoms. The second-order valence-corrected chi connectivity index (χ2v) is 4.63. The summed E-state index contributed by atoms with van der Waals surface area (Å²) in [7, 11) is 3.37. The molecule has 1 N–H and O–H groups in total. The van der Waals surface area contributed by atoms with Gasteiger partial charge in [0.15, 0.2) is 0 Å². The van der Waals surface area contributed by atoms with Gasteiger partial charge in [-0.05, 0) is 35.9 Å². The van der Waals surface area contributed by atoms with Gasteiger partial charge in [0.2, 0.25) is 0 Å². The topological polar surface area (TPSA) is 49.8 Å². The molecule has 0 aliphatic heterocycles. The van der Waals surface area contributed by atoms with Crippen molar-refractivity contribution in [2.45, 2.75) is 6.54 Å². The van der Waals surface area contributed by atoms with Gasteiger partial charge in [-0.2, -0.15) is 0 Å². The Morgan fingerprint density at radius 2 is 2.00 bits per heavy atom. The highest BCUT2D eigenvalue weighted by molar-refractivity contribution is 5.89. The van der Waals surface area contributed by atoms with Crippen molar-refractivity contribution in [2.24, 2.45) is 0 Å². The molecule has 0 aliphatic rings. The van der Waals surface area contributed by atoms with E-state index in [0.717, 1.165) is 11.8 Å². The largest absolute Gasteiger partial charge is 0.495 e. The highest BCUT2D eigenvalue weighted by Crippen LogP contribution is 2.28. The normalized spacial score (nSPS) is 10.2. The zero-order chi connectivity index (χ0) is 15.4. The Balaban J connectivity index is 2.33. The number of benzene rings is 2. The second kappa shape index (κ2) is 6.26. The van der Waals surface area contributed by atoms with Gasteiger partial charge in [0.25, 0.3) is 0 Å². The van der Waals surface area contributed by atoms with Crippen LogP contribution in [0.3, 0.4) is 0 Å². The van der Waals surface area contributed by atoms with E-state index in [2.05, 4.69) is 0 Å². The zero-order valence-electron chi connectivity index (χ0n) is 11.8. The van der Waals surface area contributed by atoms with Crippen LogP contribution in [0.25, 0.3) is 0 Å². The second-order valence-electron chi connectivity index (χ2n) is 4.63. The first-order chi connectivity index (χ1) is 10.0. The number of ether oxygens (including phenoxy) is 1. The number of carboxylic acids is 1. The number of halogens is 1. The van der Waals surface area contributed by atoms with E-state index in [1.165, 1.54) is 12.1 Å². The van der Waals surface area contributed by atoms with Crippen molar-refractivity contribution in [1.29, 1.82) is 0 Å². The van der Waals surface area contributed by atoms with E-state index in [0.29, 0.717) is 11.3 Å². The Labute approximate surface area is 122 Å². The Morgan fingerprint density at radius 1 is 1.29 bits per heavy atom. The smallest absolute Gasteiger partial charge is 0.336 e. The van der Waals surface area contributed by atoms with E-state index in [9.17, 15) is 14.3 Å². The van der Waals surface area contributed by atoms with Crippen LogP contribution >= 0.6 is 0 Å². The maximum absolute atomic E-state index is 13.4. The Bertz CT molecular complexity index is 658. The van der Waals surface area contributed by atoms with Crippen LogP contribution in [0.4, 0.5) is 10.1 Å². The summed E-state index contributed by atoms with van der Waals surface area (Å²) in [5.41, 5.74) is 1.31. The number of rotatable bonds is 5. The fraction of sp³-hybridized carbons (Fsp3) is 0.188. The first-order valence-corrected chi connectivity index (χ1v) is 6.39. The lowest BCUT2D eigenvalue weighted by Gasteiger charge is -2.22. The molecule has 0 unspecified atom stereocenters. The number of methoxy groups -OCH3 is 1. The number of carboxylic acid groups (broad SMARTS) is 1. The van der Waals surface area contributed by atoms with Gasteiger partial charge in [0.05, 0.1) is 18.4 Å². The van der Waals surface area contributed by atoms with Crippen LogP contribution < -0.4 is 9.64 Å². The van der Waals surface area contributed by atoms with Gasteiger partial charge in [-0.3, -0.25) is 0 Å². The summed E-state index contributed by atoms with van der Waals surface area (Å²) < 4.78 is 18.6. The summed E-state index contributed by atoms with van der Waals surface area (Å²) in [4.78, 5) is 13.0. The van der Waals surface area contributed by atoms with Crippen molar-refractivity contribution >= 4 is 11.7 Å². The molecule has 2 aromatic carbocycles. The number of hydrogen-bond acceptors (Lipinski definition) is 3. The third-order valence-corrected chi connectivity index (χ3v) is 3.20. The van der Waals surface area contributed by atoms with Gasteiger partial charge in [0, 0.05) is 13.6 Å². The molecule has 0 aromatic heterocycles. The van der Waals surface area contributed by atoms with Crippen LogP contribution in [0.1, 0.15) is 15.9 Å². The van der Waals surface area contributed by atoms with E-state index in [-0.39, 0.29) is 12.1 Å². The van der Waals surface area contributed by atoms with Gasteiger partial charge in [-0.25, -0.2) is 9.18 Å². The van der Waals surface area contributed by atoms with Crippen LogP contribution in [0.5, 0.6) is 5.75 Å². The van der Waals surface area contributed by atoms with Crippen LogP contribution in [-0.2, 0) is 6.54 Å². The zero-order valence-corrected chi connectivity index (χ0v) is 11.8. The molecule has 2 aromatic rings. The molecule has 0 bridgehead atoms. The number of hydrogen-bond donors (Lipinski definition) is 1. The van der Waals surface area contributed by atoms with E-state index >= 15 is 0 Å². The lowest BCUT2D eigenvalue weighted by atomic mass is 10.1. The summed E-state index contributed by atoms with van der Waals surface area (Å²) in [5.74, 6) is -0.852. The summed E-state index contributed by atoms with van der Waals surface area (Å²) in [6.45, 7) is 0.264. The fourth-order valence-corrected chi connectivity index (χ4v) is 2.19. The molecule has 21 heavy (non-hydrogen) atoms. The predicted octanol–water partition coefficient (Wildman–Crippen LogP) is 3.17. The minimum atomic E-state index is -1.07. The predicted molar refractivity (Wildman–Crippen MR) is 78.5 cm³/mol. The van der Waals surface area contributed by atoms with Crippen LogP contribution in [0.2, 0.25) is 0 Å². The van der Waals surface area contributed by atoms with Crippen molar-refractivity contribution in [3.05, 3.63) is 59.4 Å². The molecule has 5 heteroatoms. The molecule has 0 aliphatic carbocycles. The Kier molecular flexibility index (Phi) is 4.42. The van der Waals surface area contributed by atoms with Crippen molar-refractivity contribution in [3.63, 3.8) is 0 Å². The van der Waals surface area contributed by atoms with Crippen molar-refractivity contribution in [3.8, 4) is 5.75 Å². The van der Waals surface area contributed by atoms with Gasteiger partial charge < -0.3 is 14.7 Å². The highest BCUT2D eigenvalue weighted by atomic mass is 19.1. The molecule has 0 radical (unpaired) electrons. The Morgan fingerprint density at radius 3 is 2.67 bits per heavy atom. The monoisotopic (exact) mass is 289 g/mol. The number of nitrogens with zero attached hydrogens (tertiary/aromatic N) is 1. The summed E-state index contributed by atoms with van der Waals surface area (Å²) in [6, 6.07) is 11.1. The molecule has 0 saturated carbocycles. The summed E-state index contributed by atoms with van der Waals surface area (Å²) >= 11 is 0. The lowest BCUT2D eigenvalue weighted by Crippen LogP contribution is -2.19. The number of aromatic carboxylic acids is 1. The van der Waals surface area contributed by atoms with E-state index in [1.807, 2.05) is 29.2 Å². The maximum atomic E-state index is 13.4. The van der Waals surface area contributed by atoms with Crippen molar-refractivity contribution < 1.29 is 19.0 Å². The third-order valence-electron chi connectivity index (χ3n) is 3.20. The average Bonchev–Trinajstić information content (AvgIpc) is 2.46. The molecule has 4 nitrogen and oxygen atoms in total. The van der Waals surface area contributed by atoms with E-state index in [4.69, 9.17) is 4.74 Å². The molecule has 2 rings (SSSR count). The van der Waals surface area contributed by atoms with E-state index in [1.54, 1.807) is 14.2 Å². The molecule has 0 saturated heterocycles. The highest BCUT2D eigenvalue weighted by Gasteiger charge is 2.14. The Hall–Kier alpha value is -2.56. The molecule has 0 amide bonds. The summed E-state index contributed by atoms with van der Waals surface area (Å²) in [6.07, 6.45) is 0. The first kappa shape index (κ1) is 14.8. The number of para-hydroxylation sites is 2. The van der Waals surface area contributed by atoms with Gasteiger partial charge >= 0.3 is 5.97 Å². The third kappa shape index (κ3) is 3.31. The first-order valence-electron chi connectivity index (χ1n) is 6.39. The van der Waals surface area contributed by atoms with Gasteiger partial charge in [-0.1, -0.05) is 12.1 Å². The van der Waals surface area contributed by atoms with Crippen LogP contribution in [0, 0.1) is 5.82 Å². The number of carbonyl (C=O) groups is 1. The van der Waals surface area contributed by atoms with Crippen molar-refractivity contribution in [1.82, 2.24) is 0 Å². The van der Waals surface area contributed by atoms with Crippen molar-refractivity contribution in [2.75, 3.05) is 19.1 Å². The van der Waals surface area contributed by atoms with Gasteiger partial charge in [0.1, 0.15) is 11.6 Å². The molecule has 110 valence electrons. The van der Waals surface area contributed by atoms with Crippen LogP contribution in [0.15, 0.2) is 42.5 Å². The standard InChI is InChI=1S/C16H16FNO3/c1-18(14-5-3-4-6-15(14)21-2)10-11-9-12(17)7-8-13(11)16(19)20/h3-9H,10H2,1-2H3,(H,19,20). The SMILES string of the molecule is COc1ccccc1N(C)Cc1cc(F)ccc1C(=O)O. The van der Waals surface area contributed by atoms with Crippen LogP contribution in [-0.4, -0.2) is 25.2 Å². The van der Waals surface area contributed by atoms with E-state index < -0.39 is 11.8 Å². The lowest BCUT2D eigenvalue weighted by molar-refractivity contribution is 0.0695. The minimum absolute atomic E-state index is 0.0955.